The van der Waals surface area contributed by atoms with Crippen LogP contribution in [0.15, 0.2) is 40.0 Å². The fraction of sp³-hybridized carbons (Fsp3) is 0.267. The molecule has 7 nitrogen and oxygen atoms in total. The van der Waals surface area contributed by atoms with Gasteiger partial charge < -0.3 is 13.9 Å². The van der Waals surface area contributed by atoms with E-state index in [9.17, 15) is 4.79 Å². The lowest BCUT2D eigenvalue weighted by Gasteiger charge is -2.02. The van der Waals surface area contributed by atoms with Gasteiger partial charge in [-0.15, -0.1) is 0 Å². The number of nitrogens with zero attached hydrogens (tertiary/aromatic N) is 2. The molecule has 0 aliphatic carbocycles. The molecule has 1 aromatic carbocycles. The van der Waals surface area contributed by atoms with Crippen LogP contribution in [0.4, 0.5) is 0 Å². The first-order valence-electron chi connectivity index (χ1n) is 6.87. The van der Waals surface area contributed by atoms with Crippen LogP contribution in [-0.4, -0.2) is 30.3 Å². The van der Waals surface area contributed by atoms with Gasteiger partial charge in [0.15, 0.2) is 0 Å². The summed E-state index contributed by atoms with van der Waals surface area (Å²) in [6.45, 7) is 4.78. The van der Waals surface area contributed by atoms with Crippen LogP contribution in [-0.2, 0) is 0 Å². The van der Waals surface area contributed by atoms with Gasteiger partial charge in [-0.05, 0) is 43.7 Å². The highest BCUT2D eigenvalue weighted by Gasteiger charge is 2.12. The van der Waals surface area contributed by atoms with E-state index in [1.165, 1.54) is 12.4 Å². The first kappa shape index (κ1) is 15.6. The van der Waals surface area contributed by atoms with Crippen LogP contribution in [0.3, 0.4) is 0 Å². The van der Waals surface area contributed by atoms with Crippen molar-refractivity contribution in [1.29, 1.82) is 0 Å². The Balaban J connectivity index is 1.89. The summed E-state index contributed by atoms with van der Waals surface area (Å²) in [5.41, 5.74) is 3.16. The Labute approximate surface area is 127 Å². The highest BCUT2D eigenvalue weighted by atomic mass is 16.6. The maximum Gasteiger partial charge on any atom is 0.327 e. The number of aromatic nitrogens is 1. The molecular weight excluding hydrogens is 286 g/mol. The van der Waals surface area contributed by atoms with Gasteiger partial charge in [-0.25, -0.2) is 10.4 Å². The Morgan fingerprint density at radius 2 is 2.00 bits per heavy atom. The van der Waals surface area contributed by atoms with Gasteiger partial charge >= 0.3 is 11.9 Å². The summed E-state index contributed by atoms with van der Waals surface area (Å²) in [6, 6.07) is 7.32. The summed E-state index contributed by atoms with van der Waals surface area (Å²) < 4.78 is 15.5. The Morgan fingerprint density at radius 3 is 2.68 bits per heavy atom. The number of carbonyl (C=O) groups excluding carboxylic acids is 1. The molecule has 0 aliphatic heterocycles. The second-order valence-corrected chi connectivity index (χ2v) is 4.12. The van der Waals surface area contributed by atoms with E-state index in [0.29, 0.717) is 13.2 Å². The molecule has 0 aliphatic rings. The van der Waals surface area contributed by atoms with Crippen molar-refractivity contribution < 1.29 is 18.7 Å². The standard InChI is InChI=1S/C15H17N3O4/c1-3-20-12-7-5-11(6-8-12)9-17-18-14(19)15-16-10-13(22-15)21-4-2/h5-10H,3-4H2,1-2H3,(H,18,19)/b17-9+. The summed E-state index contributed by atoms with van der Waals surface area (Å²) in [6.07, 6.45) is 2.86. The van der Waals surface area contributed by atoms with Crippen LogP contribution in [0.1, 0.15) is 30.1 Å². The largest absolute Gasteiger partial charge is 0.494 e. The normalized spacial score (nSPS) is 10.6. The zero-order valence-electron chi connectivity index (χ0n) is 12.4. The predicted octanol–water partition coefficient (Wildman–Crippen LogP) is 2.24. The van der Waals surface area contributed by atoms with Crippen molar-refractivity contribution >= 4 is 12.1 Å². The number of hydrogen-bond donors (Lipinski definition) is 1. The van der Waals surface area contributed by atoms with Crippen molar-refractivity contribution in [3.05, 3.63) is 41.9 Å². The van der Waals surface area contributed by atoms with Crippen LogP contribution >= 0.6 is 0 Å². The van der Waals surface area contributed by atoms with Gasteiger partial charge in [0.1, 0.15) is 11.9 Å². The average molecular weight is 303 g/mol. The highest BCUT2D eigenvalue weighted by molar-refractivity contribution is 5.90. The van der Waals surface area contributed by atoms with E-state index in [1.807, 2.05) is 38.1 Å². The van der Waals surface area contributed by atoms with E-state index in [-0.39, 0.29) is 11.8 Å². The van der Waals surface area contributed by atoms with Crippen LogP contribution in [0, 0.1) is 0 Å². The van der Waals surface area contributed by atoms with Crippen molar-refractivity contribution in [1.82, 2.24) is 10.4 Å². The maximum absolute atomic E-state index is 11.7. The van der Waals surface area contributed by atoms with E-state index in [0.717, 1.165) is 11.3 Å². The third-order valence-corrected chi connectivity index (χ3v) is 2.54. The number of hydrogen-bond acceptors (Lipinski definition) is 6. The second kappa shape index (κ2) is 7.82. The maximum atomic E-state index is 11.7. The molecule has 0 fully saturated rings. The monoisotopic (exact) mass is 303 g/mol. The zero-order valence-corrected chi connectivity index (χ0v) is 12.4. The van der Waals surface area contributed by atoms with Crippen LogP contribution in [0.5, 0.6) is 11.7 Å². The first-order valence-corrected chi connectivity index (χ1v) is 6.87. The van der Waals surface area contributed by atoms with Crippen molar-refractivity contribution in [2.75, 3.05) is 13.2 Å². The molecule has 0 saturated heterocycles. The molecule has 1 amide bonds. The summed E-state index contributed by atoms with van der Waals surface area (Å²) in [7, 11) is 0. The summed E-state index contributed by atoms with van der Waals surface area (Å²) >= 11 is 0. The molecule has 7 heteroatoms. The van der Waals surface area contributed by atoms with E-state index < -0.39 is 5.91 Å². The minimum Gasteiger partial charge on any atom is -0.494 e. The summed E-state index contributed by atoms with van der Waals surface area (Å²) in [5.74, 6) is 0.329. The van der Waals surface area contributed by atoms with Gasteiger partial charge in [0.05, 0.1) is 19.4 Å². The van der Waals surface area contributed by atoms with Crippen LogP contribution < -0.4 is 14.9 Å². The Kier molecular flexibility index (Phi) is 5.53. The van der Waals surface area contributed by atoms with Gasteiger partial charge in [-0.3, -0.25) is 4.79 Å². The second-order valence-electron chi connectivity index (χ2n) is 4.12. The molecular formula is C15H17N3O4. The summed E-state index contributed by atoms with van der Waals surface area (Å²) in [4.78, 5) is 15.5. The SMILES string of the molecule is CCOc1ccc(/C=N/NC(=O)c2ncc(OCC)o2)cc1. The number of rotatable bonds is 7. The lowest BCUT2D eigenvalue weighted by atomic mass is 10.2. The fourth-order valence-corrected chi connectivity index (χ4v) is 1.60. The minimum atomic E-state index is -0.548. The van der Waals surface area contributed by atoms with Gasteiger partial charge in [0, 0.05) is 0 Å². The third kappa shape index (κ3) is 4.34. The topological polar surface area (TPSA) is 86.0 Å². The molecule has 1 aromatic heterocycles. The number of nitrogens with one attached hydrogen (secondary N) is 1. The number of benzene rings is 1. The Morgan fingerprint density at radius 1 is 1.27 bits per heavy atom. The third-order valence-electron chi connectivity index (χ3n) is 2.54. The lowest BCUT2D eigenvalue weighted by Crippen LogP contribution is -2.17. The smallest absolute Gasteiger partial charge is 0.327 e. The Bertz CT molecular complexity index is 634. The quantitative estimate of drug-likeness (QED) is 0.626. The molecule has 0 unspecified atom stereocenters. The molecule has 22 heavy (non-hydrogen) atoms. The van der Waals surface area contributed by atoms with E-state index in [4.69, 9.17) is 13.9 Å². The minimum absolute atomic E-state index is 0.104. The number of hydrazone groups is 1. The van der Waals surface area contributed by atoms with Crippen LogP contribution in [0.2, 0.25) is 0 Å². The van der Waals surface area contributed by atoms with Crippen LogP contribution in [0.25, 0.3) is 0 Å². The number of amides is 1. The molecule has 0 bridgehead atoms. The van der Waals surface area contributed by atoms with E-state index in [2.05, 4.69) is 15.5 Å². The van der Waals surface area contributed by atoms with Crippen molar-refractivity contribution in [3.8, 4) is 11.7 Å². The fourth-order valence-electron chi connectivity index (χ4n) is 1.60. The first-order chi connectivity index (χ1) is 10.7. The number of ether oxygens (including phenoxy) is 2. The molecule has 2 aromatic rings. The molecule has 0 saturated carbocycles. The predicted molar refractivity (Wildman–Crippen MR) is 80.3 cm³/mol. The van der Waals surface area contributed by atoms with Gasteiger partial charge in [0.25, 0.3) is 5.89 Å². The van der Waals surface area contributed by atoms with Gasteiger partial charge in [-0.1, -0.05) is 0 Å². The molecule has 0 spiro atoms. The van der Waals surface area contributed by atoms with Crippen molar-refractivity contribution in [2.45, 2.75) is 13.8 Å². The van der Waals surface area contributed by atoms with Crippen molar-refractivity contribution in [2.24, 2.45) is 5.10 Å². The molecule has 1 heterocycles. The lowest BCUT2D eigenvalue weighted by molar-refractivity contribution is 0.0912. The highest BCUT2D eigenvalue weighted by Crippen LogP contribution is 2.12. The Hall–Kier alpha value is -2.83. The van der Waals surface area contributed by atoms with Gasteiger partial charge in [-0.2, -0.15) is 5.10 Å². The van der Waals surface area contributed by atoms with Gasteiger partial charge in [0.2, 0.25) is 0 Å². The molecule has 1 N–H and O–H groups in total. The molecule has 116 valence electrons. The zero-order chi connectivity index (χ0) is 15.8. The average Bonchev–Trinajstić information content (AvgIpc) is 2.98. The number of carbonyl (C=O) groups is 1. The molecule has 0 atom stereocenters. The van der Waals surface area contributed by atoms with Crippen molar-refractivity contribution in [3.63, 3.8) is 0 Å². The molecule has 0 radical (unpaired) electrons. The van der Waals surface area contributed by atoms with E-state index >= 15 is 0 Å². The molecule has 2 rings (SSSR count). The number of oxazole rings is 1. The van der Waals surface area contributed by atoms with E-state index in [1.54, 1.807) is 0 Å². The summed E-state index contributed by atoms with van der Waals surface area (Å²) in [5, 5.41) is 3.84.